The molecule has 2 aliphatic rings. The Kier molecular flexibility index (Phi) is 7.13. The summed E-state index contributed by atoms with van der Waals surface area (Å²) in [6.07, 6.45) is 2.26. The van der Waals surface area contributed by atoms with Crippen molar-refractivity contribution in [3.8, 4) is 0 Å². The summed E-state index contributed by atoms with van der Waals surface area (Å²) in [6, 6.07) is 15.0. The molecule has 37 heavy (non-hydrogen) atoms. The minimum absolute atomic E-state index is 0.00731. The molecule has 0 aliphatic carbocycles. The lowest BCUT2D eigenvalue weighted by Crippen LogP contribution is -2.37. The van der Waals surface area contributed by atoms with E-state index in [0.717, 1.165) is 27.1 Å². The third-order valence-electron chi connectivity index (χ3n) is 5.92. The van der Waals surface area contributed by atoms with E-state index in [4.69, 9.17) is 11.6 Å². The maximum atomic E-state index is 13.4. The van der Waals surface area contributed by atoms with Crippen molar-refractivity contribution in [3.05, 3.63) is 85.9 Å². The van der Waals surface area contributed by atoms with Gasteiger partial charge in [-0.3, -0.25) is 23.6 Å². The van der Waals surface area contributed by atoms with E-state index in [1.807, 2.05) is 29.6 Å². The number of amides is 3. The fourth-order valence-corrected chi connectivity index (χ4v) is 7.69. The van der Waals surface area contributed by atoms with Crippen molar-refractivity contribution in [2.24, 2.45) is 0 Å². The first-order chi connectivity index (χ1) is 17.8. The number of anilines is 1. The lowest BCUT2D eigenvalue weighted by molar-refractivity contribution is -0.122. The predicted octanol–water partition coefficient (Wildman–Crippen LogP) is 4.62. The molecule has 0 spiro atoms. The Labute approximate surface area is 227 Å². The highest BCUT2D eigenvalue weighted by Gasteiger charge is 2.35. The second-order valence-electron chi connectivity index (χ2n) is 8.21. The van der Waals surface area contributed by atoms with Gasteiger partial charge in [0.25, 0.3) is 27.1 Å². The molecule has 5 rings (SSSR count). The van der Waals surface area contributed by atoms with Crippen molar-refractivity contribution in [1.82, 2.24) is 10.2 Å². The third-order valence-corrected chi connectivity index (χ3v) is 9.94. The quantitative estimate of drug-likeness (QED) is 0.414. The van der Waals surface area contributed by atoms with Gasteiger partial charge < -0.3 is 5.32 Å². The molecule has 1 fully saturated rings. The minimum atomic E-state index is -4.00. The summed E-state index contributed by atoms with van der Waals surface area (Å²) >= 11 is 8.57. The van der Waals surface area contributed by atoms with E-state index in [1.165, 1.54) is 33.8 Å². The van der Waals surface area contributed by atoms with E-state index in [1.54, 1.807) is 18.2 Å². The van der Waals surface area contributed by atoms with Crippen LogP contribution in [0.25, 0.3) is 6.08 Å². The number of imide groups is 1. The number of nitrogens with zero attached hydrogens (tertiary/aromatic N) is 2. The monoisotopic (exact) mass is 573 g/mol. The number of halogens is 1. The number of fused-ring (bicyclic) bond motifs is 1. The Morgan fingerprint density at radius 2 is 1.92 bits per heavy atom. The summed E-state index contributed by atoms with van der Waals surface area (Å²) in [5, 5.41) is 4.13. The highest BCUT2D eigenvalue weighted by Crippen LogP contribution is 2.35. The first kappa shape index (κ1) is 25.5. The second-order valence-corrected chi connectivity index (χ2v) is 12.4. The van der Waals surface area contributed by atoms with Crippen molar-refractivity contribution < 1.29 is 22.8 Å². The Morgan fingerprint density at radius 3 is 2.70 bits per heavy atom. The number of hydrogen-bond donors (Lipinski definition) is 1. The molecule has 0 atom stereocenters. The van der Waals surface area contributed by atoms with E-state index in [2.05, 4.69) is 5.32 Å². The zero-order chi connectivity index (χ0) is 26.2. The van der Waals surface area contributed by atoms with Gasteiger partial charge >= 0.3 is 0 Å². The van der Waals surface area contributed by atoms with Crippen LogP contribution in [0.4, 0.5) is 10.5 Å². The molecule has 0 bridgehead atoms. The normalized spacial score (nSPS) is 16.5. The van der Waals surface area contributed by atoms with Gasteiger partial charge in [-0.05, 0) is 65.5 Å². The van der Waals surface area contributed by atoms with Crippen LogP contribution in [0.15, 0.2) is 69.8 Å². The summed E-state index contributed by atoms with van der Waals surface area (Å²) in [5.41, 5.74) is 1.62. The first-order valence-corrected chi connectivity index (χ1v) is 14.7. The number of hydrogen-bond acceptors (Lipinski definition) is 7. The predicted molar refractivity (Wildman–Crippen MR) is 145 cm³/mol. The highest BCUT2D eigenvalue weighted by molar-refractivity contribution is 8.18. The van der Waals surface area contributed by atoms with Crippen LogP contribution < -0.4 is 9.62 Å². The summed E-state index contributed by atoms with van der Waals surface area (Å²) in [5.74, 6) is -0.959. The number of rotatable bonds is 7. The zero-order valence-electron chi connectivity index (χ0n) is 19.2. The van der Waals surface area contributed by atoms with E-state index < -0.39 is 27.1 Å². The van der Waals surface area contributed by atoms with Crippen LogP contribution >= 0.6 is 34.7 Å². The van der Waals surface area contributed by atoms with Crippen molar-refractivity contribution in [2.75, 3.05) is 23.9 Å². The van der Waals surface area contributed by atoms with Crippen LogP contribution in [-0.4, -0.2) is 50.0 Å². The van der Waals surface area contributed by atoms with E-state index in [9.17, 15) is 22.8 Å². The van der Waals surface area contributed by atoms with Crippen LogP contribution in [0.3, 0.4) is 0 Å². The summed E-state index contributed by atoms with van der Waals surface area (Å²) in [4.78, 5) is 39.8. The van der Waals surface area contributed by atoms with Crippen molar-refractivity contribution in [1.29, 1.82) is 0 Å². The van der Waals surface area contributed by atoms with Crippen molar-refractivity contribution >= 4 is 73.5 Å². The maximum Gasteiger partial charge on any atom is 0.293 e. The number of thioether (sulfide) groups is 1. The molecule has 2 aliphatic heterocycles. The average molecular weight is 574 g/mol. The number of carbonyl (C=O) groups excluding carboxylic acids is 3. The Bertz CT molecular complexity index is 1540. The third kappa shape index (κ3) is 5.04. The molecule has 0 unspecified atom stereocenters. The Hall–Kier alpha value is -3.12. The highest BCUT2D eigenvalue weighted by atomic mass is 35.5. The molecule has 0 saturated carbocycles. The first-order valence-electron chi connectivity index (χ1n) is 11.2. The molecular weight excluding hydrogens is 554 g/mol. The molecule has 190 valence electrons. The van der Waals surface area contributed by atoms with Gasteiger partial charge in [0.05, 0.1) is 15.6 Å². The number of nitrogens with one attached hydrogen (secondary N) is 1. The molecule has 3 aromatic rings. The molecule has 1 saturated heterocycles. The lowest BCUT2D eigenvalue weighted by atomic mass is 10.2. The van der Waals surface area contributed by atoms with E-state index >= 15 is 0 Å². The number of carbonyl (C=O) groups is 3. The molecule has 2 aromatic carbocycles. The maximum absolute atomic E-state index is 13.4. The molecule has 0 radical (unpaired) electrons. The van der Waals surface area contributed by atoms with Gasteiger partial charge in [-0.1, -0.05) is 35.9 Å². The fourth-order valence-electron chi connectivity index (χ4n) is 4.10. The largest absolute Gasteiger partial charge is 0.350 e. The molecule has 1 N–H and O–H groups in total. The van der Waals surface area contributed by atoms with Gasteiger partial charge in [0, 0.05) is 30.1 Å². The topological polar surface area (TPSA) is 104 Å². The second kappa shape index (κ2) is 10.3. The molecular formula is C25H20ClN3O5S3. The van der Waals surface area contributed by atoms with Gasteiger partial charge in [0.2, 0.25) is 0 Å². The standard InChI is InChI=1S/C25H20ClN3O5S3/c26-19-8-7-17(14-22(19)37(33,34)29-11-9-16-4-1-2-6-20(16)29)23(30)27-10-12-28-24(31)21(36-25(28)32)15-18-5-3-13-35-18/h1-8,13-15H,9-12H2,(H,27,30)/b21-15-. The van der Waals surface area contributed by atoms with Gasteiger partial charge in [0.1, 0.15) is 4.90 Å². The van der Waals surface area contributed by atoms with Crippen LogP contribution in [-0.2, 0) is 21.2 Å². The average Bonchev–Trinajstić information content (AvgIpc) is 3.61. The fraction of sp³-hybridized carbons (Fsp3) is 0.160. The molecule has 3 amide bonds. The summed E-state index contributed by atoms with van der Waals surface area (Å²) in [7, 11) is -4.00. The van der Waals surface area contributed by atoms with E-state index in [0.29, 0.717) is 17.0 Å². The summed E-state index contributed by atoms with van der Waals surface area (Å²) < 4.78 is 28.1. The molecule has 3 heterocycles. The summed E-state index contributed by atoms with van der Waals surface area (Å²) in [6.45, 7) is 0.280. The van der Waals surface area contributed by atoms with Crippen LogP contribution in [0.2, 0.25) is 5.02 Å². The zero-order valence-corrected chi connectivity index (χ0v) is 22.4. The molecule has 8 nitrogen and oxygen atoms in total. The van der Waals surface area contributed by atoms with Gasteiger partial charge in [0.15, 0.2) is 0 Å². The number of benzene rings is 2. The minimum Gasteiger partial charge on any atom is -0.350 e. The van der Waals surface area contributed by atoms with Crippen molar-refractivity contribution in [3.63, 3.8) is 0 Å². The van der Waals surface area contributed by atoms with Gasteiger partial charge in [-0.25, -0.2) is 8.42 Å². The lowest BCUT2D eigenvalue weighted by Gasteiger charge is -2.20. The van der Waals surface area contributed by atoms with Crippen LogP contribution in [0, 0.1) is 0 Å². The van der Waals surface area contributed by atoms with Gasteiger partial charge in [-0.2, -0.15) is 0 Å². The van der Waals surface area contributed by atoms with E-state index in [-0.39, 0.29) is 35.1 Å². The smallest absolute Gasteiger partial charge is 0.293 e. The van der Waals surface area contributed by atoms with Crippen molar-refractivity contribution in [2.45, 2.75) is 11.3 Å². The Morgan fingerprint density at radius 1 is 1.11 bits per heavy atom. The van der Waals surface area contributed by atoms with Crippen LogP contribution in [0.1, 0.15) is 20.8 Å². The number of sulfonamides is 1. The number of para-hydroxylation sites is 1. The van der Waals surface area contributed by atoms with Gasteiger partial charge in [-0.15, -0.1) is 11.3 Å². The van der Waals surface area contributed by atoms with Crippen LogP contribution in [0.5, 0.6) is 0 Å². The molecule has 12 heteroatoms. The Balaban J connectivity index is 1.26. The SMILES string of the molecule is O=C(NCCN1C(=O)S/C(=C\c2cccs2)C1=O)c1ccc(Cl)c(S(=O)(=O)N2CCc3ccccc32)c1. The molecule has 1 aromatic heterocycles. The number of thiophene rings is 1.